The van der Waals surface area contributed by atoms with Gasteiger partial charge in [-0.15, -0.1) is 0 Å². The van der Waals surface area contributed by atoms with E-state index in [0.29, 0.717) is 29.7 Å². The molecule has 1 saturated carbocycles. The standard InChI is InChI=1S/C20H18N2O4S/c23-27(24,22-11-12-25-18-4-2-1-3-17(18)22)16-9-7-14(8-10-16)19-13-21-20(26-19)15-5-6-15/h1-4,7-10,13,15H,5-6,11-12H2. The number of benzene rings is 2. The number of anilines is 1. The normalized spacial score (nSPS) is 16.7. The van der Waals surface area contributed by atoms with E-state index in [4.69, 9.17) is 9.15 Å². The van der Waals surface area contributed by atoms with E-state index >= 15 is 0 Å². The maximum absolute atomic E-state index is 13.1. The van der Waals surface area contributed by atoms with Gasteiger partial charge in [0.15, 0.2) is 11.7 Å². The van der Waals surface area contributed by atoms with Gasteiger partial charge in [-0.25, -0.2) is 13.4 Å². The third-order valence-corrected chi connectivity index (χ3v) is 6.69. The van der Waals surface area contributed by atoms with Gasteiger partial charge in [0, 0.05) is 11.5 Å². The highest BCUT2D eigenvalue weighted by molar-refractivity contribution is 7.92. The number of sulfonamides is 1. The fourth-order valence-corrected chi connectivity index (χ4v) is 4.71. The van der Waals surface area contributed by atoms with Crippen molar-refractivity contribution in [2.24, 2.45) is 0 Å². The Morgan fingerprint density at radius 1 is 1.04 bits per heavy atom. The summed E-state index contributed by atoms with van der Waals surface area (Å²) in [5, 5.41) is 0. The molecule has 2 aliphatic rings. The molecule has 7 heteroatoms. The highest BCUT2D eigenvalue weighted by Gasteiger charge is 2.30. The number of hydrogen-bond acceptors (Lipinski definition) is 5. The van der Waals surface area contributed by atoms with Crippen molar-refractivity contribution in [1.29, 1.82) is 0 Å². The molecule has 0 saturated heterocycles. The van der Waals surface area contributed by atoms with E-state index in [2.05, 4.69) is 4.98 Å². The fourth-order valence-electron chi connectivity index (χ4n) is 3.25. The second-order valence-electron chi connectivity index (χ2n) is 6.75. The minimum absolute atomic E-state index is 0.241. The summed E-state index contributed by atoms with van der Waals surface area (Å²) in [5.41, 5.74) is 1.38. The topological polar surface area (TPSA) is 72.6 Å². The van der Waals surface area contributed by atoms with E-state index in [9.17, 15) is 8.42 Å². The van der Waals surface area contributed by atoms with E-state index in [0.717, 1.165) is 24.3 Å². The van der Waals surface area contributed by atoms with E-state index in [1.165, 1.54) is 4.31 Å². The van der Waals surface area contributed by atoms with Crippen LogP contribution in [0.3, 0.4) is 0 Å². The molecule has 27 heavy (non-hydrogen) atoms. The first-order valence-corrected chi connectivity index (χ1v) is 10.4. The van der Waals surface area contributed by atoms with Crippen LogP contribution in [0.2, 0.25) is 0 Å². The summed E-state index contributed by atoms with van der Waals surface area (Å²) >= 11 is 0. The molecule has 1 aliphatic heterocycles. The highest BCUT2D eigenvalue weighted by Crippen LogP contribution is 2.40. The molecule has 3 aromatic rings. The van der Waals surface area contributed by atoms with Gasteiger partial charge in [0.25, 0.3) is 10.0 Å². The summed E-state index contributed by atoms with van der Waals surface area (Å²) in [5.74, 6) is 2.46. The number of ether oxygens (including phenoxy) is 1. The zero-order valence-electron chi connectivity index (χ0n) is 14.5. The molecule has 2 aromatic carbocycles. The van der Waals surface area contributed by atoms with Crippen LogP contribution in [0.1, 0.15) is 24.7 Å². The smallest absolute Gasteiger partial charge is 0.264 e. The second kappa shape index (κ2) is 6.13. The lowest BCUT2D eigenvalue weighted by Crippen LogP contribution is -2.37. The number of para-hydroxylation sites is 2. The summed E-state index contributed by atoms with van der Waals surface area (Å²) in [6, 6.07) is 13.9. The van der Waals surface area contributed by atoms with Crippen LogP contribution in [-0.4, -0.2) is 26.6 Å². The average Bonchev–Trinajstić information content (AvgIpc) is 3.44. The van der Waals surface area contributed by atoms with Crippen molar-refractivity contribution in [3.63, 3.8) is 0 Å². The Balaban J connectivity index is 1.45. The Labute approximate surface area is 157 Å². The fraction of sp³-hybridized carbons (Fsp3) is 0.250. The molecule has 0 bridgehead atoms. The maximum Gasteiger partial charge on any atom is 0.264 e. The van der Waals surface area contributed by atoms with Crippen molar-refractivity contribution < 1.29 is 17.6 Å². The zero-order valence-corrected chi connectivity index (χ0v) is 15.4. The largest absolute Gasteiger partial charge is 0.489 e. The average molecular weight is 382 g/mol. The predicted octanol–water partition coefficient (Wildman–Crippen LogP) is 3.81. The quantitative estimate of drug-likeness (QED) is 0.686. The lowest BCUT2D eigenvalue weighted by Gasteiger charge is -2.30. The first-order valence-electron chi connectivity index (χ1n) is 8.94. The number of nitrogens with zero attached hydrogens (tertiary/aromatic N) is 2. The van der Waals surface area contributed by atoms with Crippen LogP contribution in [0.25, 0.3) is 11.3 Å². The van der Waals surface area contributed by atoms with Gasteiger partial charge < -0.3 is 9.15 Å². The van der Waals surface area contributed by atoms with Crippen molar-refractivity contribution in [2.75, 3.05) is 17.5 Å². The van der Waals surface area contributed by atoms with Crippen molar-refractivity contribution in [3.05, 3.63) is 60.6 Å². The van der Waals surface area contributed by atoms with E-state index in [-0.39, 0.29) is 11.4 Å². The SMILES string of the molecule is O=S(=O)(c1ccc(-c2cnc(C3CC3)o2)cc1)N1CCOc2ccccc21. The summed E-state index contributed by atoms with van der Waals surface area (Å²) in [6.07, 6.45) is 3.95. The summed E-state index contributed by atoms with van der Waals surface area (Å²) in [7, 11) is -3.67. The summed E-state index contributed by atoms with van der Waals surface area (Å²) < 4.78 is 39.0. The molecule has 0 spiro atoms. The van der Waals surface area contributed by atoms with Crippen molar-refractivity contribution in [1.82, 2.24) is 4.98 Å². The zero-order chi connectivity index (χ0) is 18.4. The predicted molar refractivity (Wildman–Crippen MR) is 100 cm³/mol. The van der Waals surface area contributed by atoms with Gasteiger partial charge in [0.2, 0.25) is 0 Å². The Hall–Kier alpha value is -2.80. The molecule has 1 aliphatic carbocycles. The molecule has 0 N–H and O–H groups in total. The van der Waals surface area contributed by atoms with Gasteiger partial charge in [-0.1, -0.05) is 12.1 Å². The first-order chi connectivity index (χ1) is 13.1. The molecule has 0 unspecified atom stereocenters. The molecule has 6 nitrogen and oxygen atoms in total. The van der Waals surface area contributed by atoms with Gasteiger partial charge in [-0.05, 0) is 49.2 Å². The van der Waals surface area contributed by atoms with Crippen LogP contribution in [0.5, 0.6) is 5.75 Å². The second-order valence-corrected chi connectivity index (χ2v) is 8.62. The number of fused-ring (bicyclic) bond motifs is 1. The molecule has 1 fully saturated rings. The van der Waals surface area contributed by atoms with E-state index < -0.39 is 10.0 Å². The van der Waals surface area contributed by atoms with Gasteiger partial charge >= 0.3 is 0 Å². The summed E-state index contributed by atoms with van der Waals surface area (Å²) in [4.78, 5) is 4.56. The van der Waals surface area contributed by atoms with Crippen LogP contribution in [0.15, 0.2) is 64.0 Å². The first kappa shape index (κ1) is 16.4. The minimum Gasteiger partial charge on any atom is -0.489 e. The molecule has 1 aromatic heterocycles. The van der Waals surface area contributed by atoms with Gasteiger partial charge in [-0.2, -0.15) is 0 Å². The van der Waals surface area contributed by atoms with Crippen LogP contribution in [0.4, 0.5) is 5.69 Å². The molecule has 5 rings (SSSR count). The van der Waals surface area contributed by atoms with Gasteiger partial charge in [0.1, 0.15) is 12.4 Å². The molecule has 0 radical (unpaired) electrons. The molecule has 2 heterocycles. The highest BCUT2D eigenvalue weighted by atomic mass is 32.2. The molecular weight excluding hydrogens is 364 g/mol. The van der Waals surface area contributed by atoms with Crippen LogP contribution in [0, 0.1) is 0 Å². The Morgan fingerprint density at radius 2 is 1.81 bits per heavy atom. The van der Waals surface area contributed by atoms with Crippen LogP contribution < -0.4 is 9.04 Å². The molecule has 0 atom stereocenters. The Kier molecular flexibility index (Phi) is 3.72. The van der Waals surface area contributed by atoms with Gasteiger partial charge in [0.05, 0.1) is 23.3 Å². The van der Waals surface area contributed by atoms with Crippen molar-refractivity contribution in [3.8, 4) is 17.1 Å². The monoisotopic (exact) mass is 382 g/mol. The molecule has 138 valence electrons. The van der Waals surface area contributed by atoms with Crippen molar-refractivity contribution in [2.45, 2.75) is 23.7 Å². The number of rotatable bonds is 4. The molecular formula is C20H18N2O4S. The number of aromatic nitrogens is 1. The number of hydrogen-bond donors (Lipinski definition) is 0. The molecule has 0 amide bonds. The third-order valence-electron chi connectivity index (χ3n) is 4.86. The maximum atomic E-state index is 13.1. The van der Waals surface area contributed by atoms with E-state index in [1.807, 2.05) is 6.07 Å². The van der Waals surface area contributed by atoms with Crippen LogP contribution >= 0.6 is 0 Å². The lowest BCUT2D eigenvalue weighted by molar-refractivity contribution is 0.316. The lowest BCUT2D eigenvalue weighted by atomic mass is 10.2. The minimum atomic E-state index is -3.67. The van der Waals surface area contributed by atoms with E-state index in [1.54, 1.807) is 48.7 Å². The van der Waals surface area contributed by atoms with Gasteiger partial charge in [-0.3, -0.25) is 4.31 Å². The number of oxazole rings is 1. The van der Waals surface area contributed by atoms with Crippen molar-refractivity contribution >= 4 is 15.7 Å². The Bertz CT molecular complexity index is 1090. The Morgan fingerprint density at radius 3 is 2.59 bits per heavy atom. The summed E-state index contributed by atoms with van der Waals surface area (Å²) in [6.45, 7) is 0.615. The van der Waals surface area contributed by atoms with Crippen LogP contribution in [-0.2, 0) is 10.0 Å². The third kappa shape index (κ3) is 2.88.